The van der Waals surface area contributed by atoms with Crippen LogP contribution in [0, 0.1) is 11.2 Å². The van der Waals surface area contributed by atoms with E-state index in [0.29, 0.717) is 16.5 Å². The predicted octanol–water partition coefficient (Wildman–Crippen LogP) is 4.21. The van der Waals surface area contributed by atoms with Gasteiger partial charge in [0.1, 0.15) is 18.2 Å². The molecule has 4 rings (SSSR count). The fraction of sp³-hybridized carbons (Fsp3) is 0.444. The van der Waals surface area contributed by atoms with Gasteiger partial charge >= 0.3 is 0 Å². The van der Waals surface area contributed by atoms with Gasteiger partial charge in [-0.05, 0) is 62.6 Å². The minimum absolute atomic E-state index is 0.0701. The predicted molar refractivity (Wildman–Crippen MR) is 143 cm³/mol. The molecular formula is C27H33ClFN5O2. The Hall–Kier alpha value is -2.97. The summed E-state index contributed by atoms with van der Waals surface area (Å²) in [7, 11) is 0. The minimum atomic E-state index is -0.569. The van der Waals surface area contributed by atoms with Gasteiger partial charge in [0.05, 0.1) is 15.9 Å². The first-order valence-electron chi connectivity index (χ1n) is 12.1. The number of carbonyl (C=O) groups is 1. The normalized spacial score (nSPS) is 16.1. The molecule has 1 aromatic heterocycles. The van der Waals surface area contributed by atoms with E-state index in [0.717, 1.165) is 31.9 Å². The maximum absolute atomic E-state index is 13.9. The fourth-order valence-electron chi connectivity index (χ4n) is 4.52. The van der Waals surface area contributed by atoms with Gasteiger partial charge in [-0.3, -0.25) is 14.2 Å². The number of amides is 1. The summed E-state index contributed by atoms with van der Waals surface area (Å²) < 4.78 is 15.2. The summed E-state index contributed by atoms with van der Waals surface area (Å²) in [6.45, 7) is 13.2. The number of hydrogen-bond acceptors (Lipinski definition) is 5. The fourth-order valence-corrected chi connectivity index (χ4v) is 4.70. The minimum Gasteiger partial charge on any atom is -0.370 e. The van der Waals surface area contributed by atoms with E-state index < -0.39 is 11.4 Å². The Kier molecular flexibility index (Phi) is 7.12. The highest BCUT2D eigenvalue weighted by molar-refractivity contribution is 6.31. The number of anilines is 1. The number of hydrogen-bond donors (Lipinski definition) is 2. The molecule has 2 heterocycles. The molecule has 7 nitrogen and oxygen atoms in total. The van der Waals surface area contributed by atoms with Gasteiger partial charge in [0, 0.05) is 43.0 Å². The lowest BCUT2D eigenvalue weighted by molar-refractivity contribution is -0.123. The van der Waals surface area contributed by atoms with Crippen molar-refractivity contribution in [2.45, 2.75) is 46.7 Å². The van der Waals surface area contributed by atoms with Gasteiger partial charge in [-0.2, -0.15) is 0 Å². The van der Waals surface area contributed by atoms with Crippen molar-refractivity contribution in [2.24, 2.45) is 5.41 Å². The third kappa shape index (κ3) is 5.87. The number of carbonyl (C=O) groups excluding carboxylic acids is 1. The van der Waals surface area contributed by atoms with Crippen LogP contribution in [0.25, 0.3) is 22.3 Å². The molecule has 2 N–H and O–H groups in total. The number of halogens is 2. The summed E-state index contributed by atoms with van der Waals surface area (Å²) >= 11 is 6.03. The van der Waals surface area contributed by atoms with Crippen LogP contribution in [0.15, 0.2) is 41.2 Å². The largest absolute Gasteiger partial charge is 0.370 e. The van der Waals surface area contributed by atoms with Crippen LogP contribution in [0.4, 0.5) is 10.1 Å². The number of nitrogens with zero attached hydrogens (tertiary/aromatic N) is 3. The summed E-state index contributed by atoms with van der Waals surface area (Å²) in [5.41, 5.74) is 1.15. The SMILES string of the molecule is CC1(C)CNCCN(c2ccc3nc(-c4ccc(F)c(Cl)c4)n(CC(=O)NC(C)(C)C)c(=O)c3c2)C1. The highest BCUT2D eigenvalue weighted by atomic mass is 35.5. The van der Waals surface area contributed by atoms with Crippen LogP contribution in [0.1, 0.15) is 34.6 Å². The van der Waals surface area contributed by atoms with E-state index in [1.54, 1.807) is 0 Å². The van der Waals surface area contributed by atoms with Gasteiger partial charge in [0.15, 0.2) is 0 Å². The Labute approximate surface area is 215 Å². The molecule has 0 spiro atoms. The standard InChI is InChI=1S/C27H33ClFN5O2/c1-26(2,3)32-23(35)14-34-24(17-6-8-21(29)20(28)12-17)31-22-9-7-18(13-19(22)25(34)36)33-11-10-30-15-27(4,5)16-33/h6-9,12-13,30H,10-11,14-16H2,1-5H3,(H,32,35). The van der Waals surface area contributed by atoms with E-state index in [-0.39, 0.29) is 34.3 Å². The van der Waals surface area contributed by atoms with Crippen molar-refractivity contribution in [3.63, 3.8) is 0 Å². The molecule has 1 fully saturated rings. The van der Waals surface area contributed by atoms with E-state index in [2.05, 4.69) is 29.4 Å². The second kappa shape index (κ2) is 9.82. The smallest absolute Gasteiger partial charge is 0.262 e. The van der Waals surface area contributed by atoms with Crippen molar-refractivity contribution in [1.82, 2.24) is 20.2 Å². The molecule has 0 bridgehead atoms. The lowest BCUT2D eigenvalue weighted by Gasteiger charge is -2.30. The molecule has 0 saturated carbocycles. The lowest BCUT2D eigenvalue weighted by Crippen LogP contribution is -2.43. The first kappa shape index (κ1) is 26.1. The van der Waals surface area contributed by atoms with Gasteiger partial charge in [0.25, 0.3) is 5.56 Å². The van der Waals surface area contributed by atoms with Crippen LogP contribution in [0.3, 0.4) is 0 Å². The molecule has 1 aliphatic rings. The molecule has 3 aromatic rings. The third-order valence-corrected chi connectivity index (χ3v) is 6.37. The van der Waals surface area contributed by atoms with E-state index >= 15 is 0 Å². The Morgan fingerprint density at radius 1 is 1.22 bits per heavy atom. The average molecular weight is 514 g/mol. The van der Waals surface area contributed by atoms with Gasteiger partial charge in [0.2, 0.25) is 5.91 Å². The summed E-state index contributed by atoms with van der Waals surface area (Å²) in [5.74, 6) is -0.636. The molecule has 192 valence electrons. The van der Waals surface area contributed by atoms with Crippen LogP contribution in [0.5, 0.6) is 0 Å². The summed E-state index contributed by atoms with van der Waals surface area (Å²) in [5, 5.41) is 6.70. The zero-order valence-electron chi connectivity index (χ0n) is 21.4. The number of rotatable bonds is 4. The zero-order chi connectivity index (χ0) is 26.3. The van der Waals surface area contributed by atoms with Crippen LogP contribution < -0.4 is 21.1 Å². The summed E-state index contributed by atoms with van der Waals surface area (Å²) in [4.78, 5) is 33.7. The number of benzene rings is 2. The second-order valence-corrected chi connectivity index (χ2v) is 11.6. The monoisotopic (exact) mass is 513 g/mol. The van der Waals surface area contributed by atoms with Gasteiger partial charge in [-0.15, -0.1) is 0 Å². The van der Waals surface area contributed by atoms with Crippen LogP contribution in [0.2, 0.25) is 5.02 Å². The van der Waals surface area contributed by atoms with Crippen molar-refractivity contribution in [3.05, 3.63) is 57.6 Å². The number of fused-ring (bicyclic) bond motifs is 1. The molecule has 1 amide bonds. The first-order valence-corrected chi connectivity index (χ1v) is 12.5. The average Bonchev–Trinajstić information content (AvgIpc) is 2.96. The zero-order valence-corrected chi connectivity index (χ0v) is 22.2. The molecule has 1 aliphatic heterocycles. The Bertz CT molecular complexity index is 1360. The van der Waals surface area contributed by atoms with Crippen LogP contribution in [-0.2, 0) is 11.3 Å². The molecule has 0 radical (unpaired) electrons. The molecule has 36 heavy (non-hydrogen) atoms. The first-order chi connectivity index (χ1) is 16.8. The van der Waals surface area contributed by atoms with Gasteiger partial charge < -0.3 is 15.5 Å². The Balaban J connectivity index is 1.85. The molecule has 0 aliphatic carbocycles. The van der Waals surface area contributed by atoms with Crippen molar-refractivity contribution in [1.29, 1.82) is 0 Å². The quantitative estimate of drug-likeness (QED) is 0.546. The third-order valence-electron chi connectivity index (χ3n) is 6.08. The summed E-state index contributed by atoms with van der Waals surface area (Å²) in [6, 6.07) is 9.80. The van der Waals surface area contributed by atoms with Crippen LogP contribution >= 0.6 is 11.6 Å². The van der Waals surface area contributed by atoms with Crippen molar-refractivity contribution < 1.29 is 9.18 Å². The van der Waals surface area contributed by atoms with E-state index in [1.165, 1.54) is 22.8 Å². The Morgan fingerprint density at radius 3 is 2.67 bits per heavy atom. The number of aromatic nitrogens is 2. The van der Waals surface area contributed by atoms with Crippen molar-refractivity contribution in [3.8, 4) is 11.4 Å². The number of nitrogens with one attached hydrogen (secondary N) is 2. The highest BCUT2D eigenvalue weighted by Gasteiger charge is 2.25. The highest BCUT2D eigenvalue weighted by Crippen LogP contribution is 2.28. The van der Waals surface area contributed by atoms with Gasteiger partial charge in [-0.25, -0.2) is 9.37 Å². The molecule has 0 atom stereocenters. The van der Waals surface area contributed by atoms with Crippen molar-refractivity contribution >= 4 is 34.1 Å². The molecule has 2 aromatic carbocycles. The van der Waals surface area contributed by atoms with Gasteiger partial charge in [-0.1, -0.05) is 25.4 Å². The van der Waals surface area contributed by atoms with Crippen LogP contribution in [-0.4, -0.2) is 47.2 Å². The Morgan fingerprint density at radius 2 is 1.97 bits per heavy atom. The maximum Gasteiger partial charge on any atom is 0.262 e. The molecule has 9 heteroatoms. The molecule has 0 unspecified atom stereocenters. The van der Waals surface area contributed by atoms with E-state index in [4.69, 9.17) is 16.6 Å². The molecular weight excluding hydrogens is 481 g/mol. The molecule has 1 saturated heterocycles. The summed E-state index contributed by atoms with van der Waals surface area (Å²) in [6.07, 6.45) is 0. The lowest BCUT2D eigenvalue weighted by atomic mass is 9.93. The maximum atomic E-state index is 13.9. The van der Waals surface area contributed by atoms with E-state index in [9.17, 15) is 14.0 Å². The van der Waals surface area contributed by atoms with E-state index in [1.807, 2.05) is 39.0 Å². The second-order valence-electron chi connectivity index (χ2n) is 11.2. The van der Waals surface area contributed by atoms with Crippen molar-refractivity contribution in [2.75, 3.05) is 31.1 Å². The topological polar surface area (TPSA) is 79.3 Å².